The molecule has 0 amide bonds. The summed E-state index contributed by atoms with van der Waals surface area (Å²) in [6.07, 6.45) is 0. The Labute approximate surface area is 60.7 Å². The fourth-order valence-electron chi connectivity index (χ4n) is 0.763. The standard InChI is InChI=1S/C9H10F/c1-9(2,10)8-6-4-3-5-7-8/h3-6H,1-2H3. The van der Waals surface area contributed by atoms with Gasteiger partial charge in [0.1, 0.15) is 5.67 Å². The number of alkyl halides is 1. The molecular weight excluding hydrogens is 127 g/mol. The Morgan fingerprint density at radius 1 is 1.40 bits per heavy atom. The first-order valence-electron chi connectivity index (χ1n) is 3.27. The second-order valence-electron chi connectivity index (χ2n) is 2.75. The SMILES string of the molecule is CC(C)(F)c1[c]cccc1. The van der Waals surface area contributed by atoms with Crippen LogP contribution < -0.4 is 0 Å². The topological polar surface area (TPSA) is 0 Å². The van der Waals surface area contributed by atoms with Crippen molar-refractivity contribution in [3.63, 3.8) is 0 Å². The third-order valence-electron chi connectivity index (χ3n) is 1.35. The fourth-order valence-corrected chi connectivity index (χ4v) is 0.763. The van der Waals surface area contributed by atoms with Crippen molar-refractivity contribution in [2.24, 2.45) is 0 Å². The Bertz CT molecular complexity index is 196. The van der Waals surface area contributed by atoms with E-state index in [9.17, 15) is 4.39 Å². The van der Waals surface area contributed by atoms with Crippen molar-refractivity contribution in [1.82, 2.24) is 0 Å². The molecule has 1 aromatic carbocycles. The Kier molecular flexibility index (Phi) is 1.75. The van der Waals surface area contributed by atoms with Crippen molar-refractivity contribution >= 4 is 0 Å². The predicted molar refractivity (Wildman–Crippen MR) is 39.4 cm³/mol. The molecule has 0 heterocycles. The zero-order valence-corrected chi connectivity index (χ0v) is 6.19. The van der Waals surface area contributed by atoms with Crippen LogP contribution in [0.4, 0.5) is 4.39 Å². The van der Waals surface area contributed by atoms with Crippen LogP contribution in [0.5, 0.6) is 0 Å². The quantitative estimate of drug-likeness (QED) is 0.558. The summed E-state index contributed by atoms with van der Waals surface area (Å²) in [6, 6.07) is 9.93. The van der Waals surface area contributed by atoms with E-state index >= 15 is 0 Å². The minimum Gasteiger partial charge on any atom is -0.239 e. The van der Waals surface area contributed by atoms with Gasteiger partial charge in [-0.2, -0.15) is 0 Å². The first-order valence-corrected chi connectivity index (χ1v) is 3.27. The first kappa shape index (κ1) is 7.26. The van der Waals surface area contributed by atoms with Gasteiger partial charge in [0, 0.05) is 0 Å². The summed E-state index contributed by atoms with van der Waals surface area (Å²) < 4.78 is 13.1. The van der Waals surface area contributed by atoms with Crippen molar-refractivity contribution in [2.45, 2.75) is 19.5 Å². The molecule has 0 saturated heterocycles. The van der Waals surface area contributed by atoms with E-state index < -0.39 is 5.67 Å². The van der Waals surface area contributed by atoms with Crippen molar-refractivity contribution < 1.29 is 4.39 Å². The molecule has 0 saturated carbocycles. The van der Waals surface area contributed by atoms with Crippen LogP contribution in [-0.4, -0.2) is 0 Å². The Hall–Kier alpha value is -0.850. The number of rotatable bonds is 1. The van der Waals surface area contributed by atoms with Gasteiger partial charge in [-0.15, -0.1) is 0 Å². The summed E-state index contributed by atoms with van der Waals surface area (Å²) in [7, 11) is 0. The third kappa shape index (κ3) is 1.56. The lowest BCUT2D eigenvalue weighted by Gasteiger charge is -2.12. The molecule has 0 fully saturated rings. The van der Waals surface area contributed by atoms with Gasteiger partial charge in [0.25, 0.3) is 0 Å². The lowest BCUT2D eigenvalue weighted by Crippen LogP contribution is -2.08. The van der Waals surface area contributed by atoms with E-state index in [2.05, 4.69) is 6.07 Å². The van der Waals surface area contributed by atoms with E-state index in [1.54, 1.807) is 12.1 Å². The summed E-state index contributed by atoms with van der Waals surface area (Å²) in [5, 5.41) is 0. The van der Waals surface area contributed by atoms with Gasteiger partial charge in [-0.25, -0.2) is 4.39 Å². The van der Waals surface area contributed by atoms with Crippen LogP contribution >= 0.6 is 0 Å². The van der Waals surface area contributed by atoms with Gasteiger partial charge in [-0.1, -0.05) is 24.3 Å². The molecule has 0 nitrogen and oxygen atoms in total. The maximum atomic E-state index is 13.1. The summed E-state index contributed by atoms with van der Waals surface area (Å²) in [5.74, 6) is 0. The van der Waals surface area contributed by atoms with Crippen LogP contribution in [0.15, 0.2) is 24.3 Å². The van der Waals surface area contributed by atoms with Crippen LogP contribution in [0.3, 0.4) is 0 Å². The van der Waals surface area contributed by atoms with E-state index in [-0.39, 0.29) is 0 Å². The predicted octanol–water partition coefficient (Wildman–Crippen LogP) is 2.69. The molecule has 0 aliphatic carbocycles. The Balaban J connectivity index is 2.97. The van der Waals surface area contributed by atoms with Gasteiger partial charge < -0.3 is 0 Å². The van der Waals surface area contributed by atoms with Gasteiger partial charge in [0.15, 0.2) is 0 Å². The van der Waals surface area contributed by atoms with Gasteiger partial charge in [0.2, 0.25) is 0 Å². The summed E-state index contributed by atoms with van der Waals surface area (Å²) >= 11 is 0. The normalized spacial score (nSPS) is 11.5. The molecule has 1 rings (SSSR count). The summed E-state index contributed by atoms with van der Waals surface area (Å²) in [4.78, 5) is 0. The summed E-state index contributed by atoms with van der Waals surface area (Å²) in [5.41, 5.74) is -0.656. The van der Waals surface area contributed by atoms with Gasteiger partial charge in [0.05, 0.1) is 0 Å². The highest BCUT2D eigenvalue weighted by molar-refractivity contribution is 5.18. The number of halogens is 1. The van der Waals surface area contributed by atoms with Crippen LogP contribution in [0, 0.1) is 6.07 Å². The first-order chi connectivity index (χ1) is 4.61. The molecule has 1 aromatic rings. The molecule has 0 aliphatic rings. The second-order valence-corrected chi connectivity index (χ2v) is 2.75. The van der Waals surface area contributed by atoms with E-state index in [0.717, 1.165) is 0 Å². The second kappa shape index (κ2) is 2.41. The smallest absolute Gasteiger partial charge is 0.131 e. The highest BCUT2D eigenvalue weighted by Gasteiger charge is 2.17. The van der Waals surface area contributed by atoms with Crippen LogP contribution in [-0.2, 0) is 5.67 Å². The van der Waals surface area contributed by atoms with E-state index in [4.69, 9.17) is 0 Å². The largest absolute Gasteiger partial charge is 0.239 e. The minimum absolute atomic E-state index is 0.606. The number of benzene rings is 1. The van der Waals surface area contributed by atoms with E-state index in [0.29, 0.717) is 5.56 Å². The van der Waals surface area contributed by atoms with Crippen LogP contribution in [0.25, 0.3) is 0 Å². The molecule has 0 unspecified atom stereocenters. The molecule has 0 bridgehead atoms. The van der Waals surface area contributed by atoms with E-state index in [1.165, 1.54) is 13.8 Å². The summed E-state index contributed by atoms with van der Waals surface area (Å²) in [6.45, 7) is 3.05. The van der Waals surface area contributed by atoms with Crippen molar-refractivity contribution in [2.75, 3.05) is 0 Å². The van der Waals surface area contributed by atoms with Gasteiger partial charge >= 0.3 is 0 Å². The zero-order chi connectivity index (χ0) is 7.61. The zero-order valence-electron chi connectivity index (χ0n) is 6.19. The molecule has 1 radical (unpaired) electrons. The highest BCUT2D eigenvalue weighted by atomic mass is 19.1. The molecular formula is C9H10F. The molecule has 0 N–H and O–H groups in total. The van der Waals surface area contributed by atoms with Gasteiger partial charge in [-0.05, 0) is 25.5 Å². The van der Waals surface area contributed by atoms with Crippen molar-refractivity contribution in [1.29, 1.82) is 0 Å². The average Bonchev–Trinajstić information content (AvgIpc) is 1.88. The number of hydrogen-bond acceptors (Lipinski definition) is 0. The Morgan fingerprint density at radius 2 is 2.10 bits per heavy atom. The van der Waals surface area contributed by atoms with E-state index in [1.807, 2.05) is 12.1 Å². The molecule has 53 valence electrons. The van der Waals surface area contributed by atoms with Crippen LogP contribution in [0.2, 0.25) is 0 Å². The maximum absolute atomic E-state index is 13.1. The molecule has 10 heavy (non-hydrogen) atoms. The monoisotopic (exact) mass is 137 g/mol. The van der Waals surface area contributed by atoms with Crippen molar-refractivity contribution in [3.05, 3.63) is 35.9 Å². The molecule has 0 aliphatic heterocycles. The maximum Gasteiger partial charge on any atom is 0.131 e. The molecule has 0 spiro atoms. The Morgan fingerprint density at radius 3 is 2.40 bits per heavy atom. The van der Waals surface area contributed by atoms with Crippen LogP contribution in [0.1, 0.15) is 19.4 Å². The lowest BCUT2D eigenvalue weighted by atomic mass is 10.0. The lowest BCUT2D eigenvalue weighted by molar-refractivity contribution is 0.221. The third-order valence-corrected chi connectivity index (χ3v) is 1.35. The van der Waals surface area contributed by atoms with Crippen molar-refractivity contribution in [3.8, 4) is 0 Å². The van der Waals surface area contributed by atoms with Gasteiger partial charge in [-0.3, -0.25) is 0 Å². The average molecular weight is 137 g/mol. The molecule has 0 aromatic heterocycles. The minimum atomic E-state index is -1.26. The highest BCUT2D eigenvalue weighted by Crippen LogP contribution is 2.22. The fraction of sp³-hybridized carbons (Fsp3) is 0.333. The molecule has 0 atom stereocenters. The molecule has 1 heteroatoms. The number of hydrogen-bond donors (Lipinski definition) is 0.